The number of fused-ring (bicyclic) bond motifs is 3. The number of benzene rings is 3. The molecule has 2 amide bonds. The van der Waals surface area contributed by atoms with E-state index in [1.54, 1.807) is 6.92 Å². The van der Waals surface area contributed by atoms with E-state index in [-0.39, 0.29) is 24.9 Å². The van der Waals surface area contributed by atoms with E-state index in [0.717, 1.165) is 11.1 Å². The van der Waals surface area contributed by atoms with Crippen LogP contribution in [0.2, 0.25) is 0 Å². The fourth-order valence-corrected chi connectivity index (χ4v) is 6.14. The van der Waals surface area contributed by atoms with E-state index in [9.17, 15) is 9.59 Å². The van der Waals surface area contributed by atoms with Crippen LogP contribution in [0.5, 0.6) is 0 Å². The van der Waals surface area contributed by atoms with Gasteiger partial charge in [-0.25, -0.2) is 4.79 Å². The number of nitrogens with one attached hydrogen (secondary N) is 2. The van der Waals surface area contributed by atoms with Crippen LogP contribution < -0.4 is 10.6 Å². The number of hydrogen-bond donors (Lipinski definition) is 2. The number of amides is 2. The SMILES string of the molecule is Cc1nnc(-c2ccc(CNC(=O)CCOCCOCCOCCOCCOCCOCCOCCOCCNC(=O)OCC3c4ccccc4-c4ccccc43)cc2)nn1. The van der Waals surface area contributed by atoms with Crippen LogP contribution in [0.3, 0.4) is 0 Å². The molecule has 1 aliphatic carbocycles. The molecule has 61 heavy (non-hydrogen) atoms. The van der Waals surface area contributed by atoms with E-state index in [1.165, 1.54) is 22.3 Å². The highest BCUT2D eigenvalue weighted by Gasteiger charge is 2.29. The number of hydrogen-bond acceptors (Lipinski definition) is 15. The van der Waals surface area contributed by atoms with E-state index in [0.29, 0.717) is 130 Å². The van der Waals surface area contributed by atoms with Gasteiger partial charge in [-0.1, -0.05) is 72.8 Å². The van der Waals surface area contributed by atoms with Crippen molar-refractivity contribution >= 4 is 12.0 Å². The first-order valence-corrected chi connectivity index (χ1v) is 20.7. The maximum Gasteiger partial charge on any atom is 0.407 e. The summed E-state index contributed by atoms with van der Waals surface area (Å²) in [4.78, 5) is 24.4. The van der Waals surface area contributed by atoms with Gasteiger partial charge in [0.05, 0.1) is 106 Å². The minimum absolute atomic E-state index is 0.0298. The molecule has 0 aliphatic heterocycles. The highest BCUT2D eigenvalue weighted by Crippen LogP contribution is 2.44. The van der Waals surface area contributed by atoms with E-state index < -0.39 is 6.09 Å². The van der Waals surface area contributed by atoms with Gasteiger partial charge >= 0.3 is 6.09 Å². The van der Waals surface area contributed by atoms with Crippen molar-refractivity contribution < 1.29 is 52.2 Å². The van der Waals surface area contributed by atoms with Crippen LogP contribution in [0, 0.1) is 6.92 Å². The number of carbonyl (C=O) groups is 2. The summed E-state index contributed by atoms with van der Waals surface area (Å²) in [5.74, 6) is 0.907. The highest BCUT2D eigenvalue weighted by atomic mass is 16.6. The lowest BCUT2D eigenvalue weighted by molar-refractivity contribution is -0.122. The maximum atomic E-state index is 12.3. The quantitative estimate of drug-likeness (QED) is 0.0672. The Morgan fingerprint density at radius 1 is 0.525 bits per heavy atom. The second kappa shape index (κ2) is 28.5. The third kappa shape index (κ3) is 17.9. The Kier molecular flexibility index (Phi) is 22.0. The zero-order valence-corrected chi connectivity index (χ0v) is 34.9. The standard InChI is InChI=1S/C44H58N6O11/c1-34-47-49-43(50-48-34)36-12-10-35(11-13-36)32-46-42(51)14-16-53-18-20-55-22-24-57-26-28-59-30-31-60-29-27-58-25-23-56-21-19-54-17-15-45-44(52)61-33-41-39-8-4-2-6-37(39)38-7-3-5-9-40(38)41/h2-13,41H,14-33H2,1H3,(H,45,52)(H,46,51). The molecule has 0 spiro atoms. The minimum atomic E-state index is -0.459. The van der Waals surface area contributed by atoms with Crippen LogP contribution in [0.15, 0.2) is 72.8 Å². The van der Waals surface area contributed by atoms with Crippen molar-refractivity contribution in [3.05, 3.63) is 95.3 Å². The number of ether oxygens (including phenoxy) is 9. The fraction of sp³-hybridized carbons (Fsp3) is 0.500. The Balaban J connectivity index is 0.697. The first-order valence-electron chi connectivity index (χ1n) is 20.7. The summed E-state index contributed by atoms with van der Waals surface area (Å²) in [6.07, 6.45) is -0.195. The number of nitrogens with zero attached hydrogens (tertiary/aromatic N) is 4. The van der Waals surface area contributed by atoms with Crippen LogP contribution >= 0.6 is 0 Å². The average molecular weight is 847 g/mol. The molecule has 0 fully saturated rings. The second-order valence-electron chi connectivity index (χ2n) is 13.6. The lowest BCUT2D eigenvalue weighted by Crippen LogP contribution is -2.29. The zero-order chi connectivity index (χ0) is 42.6. The lowest BCUT2D eigenvalue weighted by atomic mass is 9.98. The first-order chi connectivity index (χ1) is 30.1. The van der Waals surface area contributed by atoms with Crippen molar-refractivity contribution in [3.8, 4) is 22.5 Å². The molecular weight excluding hydrogens is 789 g/mol. The zero-order valence-electron chi connectivity index (χ0n) is 34.9. The van der Waals surface area contributed by atoms with Gasteiger partial charge in [0.2, 0.25) is 11.7 Å². The summed E-state index contributed by atoms with van der Waals surface area (Å²) < 4.78 is 49.6. The fourth-order valence-electron chi connectivity index (χ4n) is 6.14. The van der Waals surface area contributed by atoms with E-state index in [4.69, 9.17) is 42.6 Å². The summed E-state index contributed by atoms with van der Waals surface area (Å²) in [5, 5.41) is 21.5. The Morgan fingerprint density at radius 2 is 0.967 bits per heavy atom. The normalized spacial score (nSPS) is 12.0. The molecule has 4 aromatic rings. The van der Waals surface area contributed by atoms with Gasteiger partial charge in [-0.2, -0.15) is 0 Å². The van der Waals surface area contributed by atoms with E-state index >= 15 is 0 Å². The molecule has 0 bridgehead atoms. The molecule has 5 rings (SSSR count). The maximum absolute atomic E-state index is 12.3. The molecule has 17 heteroatoms. The number of aryl methyl sites for hydroxylation is 1. The predicted molar refractivity (Wildman–Crippen MR) is 224 cm³/mol. The Labute approximate surface area is 357 Å². The molecular formula is C44H58N6O11. The van der Waals surface area contributed by atoms with Crippen molar-refractivity contribution in [3.63, 3.8) is 0 Å². The third-order valence-electron chi connectivity index (χ3n) is 9.22. The van der Waals surface area contributed by atoms with Crippen molar-refractivity contribution in [2.45, 2.75) is 25.8 Å². The summed E-state index contributed by atoms with van der Waals surface area (Å²) in [5.41, 5.74) is 6.51. The predicted octanol–water partition coefficient (Wildman–Crippen LogP) is 3.92. The molecule has 17 nitrogen and oxygen atoms in total. The van der Waals surface area contributed by atoms with Crippen molar-refractivity contribution in [1.82, 2.24) is 31.0 Å². The second-order valence-corrected chi connectivity index (χ2v) is 13.6. The topological polar surface area (TPSA) is 193 Å². The third-order valence-corrected chi connectivity index (χ3v) is 9.22. The molecule has 0 unspecified atom stereocenters. The molecule has 1 aromatic heterocycles. The van der Waals surface area contributed by atoms with Crippen molar-refractivity contribution in [2.75, 3.05) is 119 Å². The molecule has 0 radical (unpaired) electrons. The van der Waals surface area contributed by atoms with Crippen molar-refractivity contribution in [2.24, 2.45) is 0 Å². The van der Waals surface area contributed by atoms with Gasteiger partial charge in [-0.15, -0.1) is 20.4 Å². The Morgan fingerprint density at radius 3 is 1.46 bits per heavy atom. The minimum Gasteiger partial charge on any atom is -0.449 e. The molecule has 330 valence electrons. The van der Waals surface area contributed by atoms with Crippen LogP contribution in [0.4, 0.5) is 4.79 Å². The van der Waals surface area contributed by atoms with Gasteiger partial charge in [-0.3, -0.25) is 4.79 Å². The number of alkyl carbamates (subject to hydrolysis) is 1. The Bertz CT molecular complexity index is 1790. The summed E-state index contributed by atoms with van der Waals surface area (Å²) in [6, 6.07) is 24.0. The molecule has 0 saturated heterocycles. The monoisotopic (exact) mass is 846 g/mol. The molecule has 0 atom stereocenters. The molecule has 2 N–H and O–H groups in total. The van der Waals surface area contributed by atoms with Crippen LogP contribution in [0.1, 0.15) is 34.9 Å². The van der Waals surface area contributed by atoms with Gasteiger partial charge in [0, 0.05) is 31.0 Å². The van der Waals surface area contributed by atoms with Gasteiger partial charge in [-0.05, 0) is 34.7 Å². The van der Waals surface area contributed by atoms with Crippen LogP contribution in [-0.4, -0.2) is 151 Å². The van der Waals surface area contributed by atoms with E-state index in [1.807, 2.05) is 48.5 Å². The van der Waals surface area contributed by atoms with Crippen molar-refractivity contribution in [1.29, 1.82) is 0 Å². The lowest BCUT2D eigenvalue weighted by Gasteiger charge is -2.14. The van der Waals surface area contributed by atoms with Gasteiger partial charge in [0.15, 0.2) is 5.82 Å². The van der Waals surface area contributed by atoms with Gasteiger partial charge < -0.3 is 53.3 Å². The largest absolute Gasteiger partial charge is 0.449 e. The number of aromatic nitrogens is 4. The Hall–Kier alpha value is -4.98. The summed E-state index contributed by atoms with van der Waals surface area (Å²) in [7, 11) is 0. The average Bonchev–Trinajstić information content (AvgIpc) is 3.61. The molecule has 1 aliphatic rings. The van der Waals surface area contributed by atoms with Crippen LogP contribution in [0.25, 0.3) is 22.5 Å². The van der Waals surface area contributed by atoms with E-state index in [2.05, 4.69) is 55.3 Å². The summed E-state index contributed by atoms with van der Waals surface area (Å²) in [6.45, 7) is 9.69. The molecule has 1 heterocycles. The first kappa shape index (κ1) is 47.1. The number of rotatable bonds is 32. The number of carbonyl (C=O) groups excluding carboxylic acids is 2. The highest BCUT2D eigenvalue weighted by molar-refractivity contribution is 5.79. The van der Waals surface area contributed by atoms with Gasteiger partial charge in [0.1, 0.15) is 6.61 Å². The molecule has 0 saturated carbocycles. The van der Waals surface area contributed by atoms with Crippen LogP contribution in [-0.2, 0) is 54.0 Å². The molecule has 3 aromatic carbocycles. The summed E-state index contributed by atoms with van der Waals surface area (Å²) >= 11 is 0. The smallest absolute Gasteiger partial charge is 0.407 e. The van der Waals surface area contributed by atoms with Gasteiger partial charge in [0.25, 0.3) is 0 Å².